The van der Waals surface area contributed by atoms with E-state index >= 15 is 0 Å². The van der Waals surface area contributed by atoms with Crippen molar-refractivity contribution in [3.05, 3.63) is 28.2 Å². The summed E-state index contributed by atoms with van der Waals surface area (Å²) >= 11 is 11.7. The summed E-state index contributed by atoms with van der Waals surface area (Å²) in [6, 6.07) is 5.15. The van der Waals surface area contributed by atoms with Crippen molar-refractivity contribution in [2.45, 2.75) is 13.0 Å². The van der Waals surface area contributed by atoms with Crippen molar-refractivity contribution in [2.24, 2.45) is 0 Å². The van der Waals surface area contributed by atoms with Crippen LogP contribution < -0.4 is 5.32 Å². The first-order valence-electron chi connectivity index (χ1n) is 6.15. The molecule has 0 saturated carbocycles. The predicted molar refractivity (Wildman–Crippen MR) is 78.3 cm³/mol. The molecule has 0 spiro atoms. The van der Waals surface area contributed by atoms with Gasteiger partial charge in [0.25, 0.3) is 0 Å². The molecular weight excluding hydrogens is 289 g/mol. The average Bonchev–Trinajstić information content (AvgIpc) is 2.35. The number of hydrogen-bond acceptors (Lipinski definition) is 4. The molecule has 0 heterocycles. The lowest BCUT2D eigenvalue weighted by Gasteiger charge is -2.13. The minimum absolute atomic E-state index is 0.258. The second-order valence-corrected chi connectivity index (χ2v) is 4.84. The summed E-state index contributed by atoms with van der Waals surface area (Å²) in [5, 5.41) is 13.9. The van der Waals surface area contributed by atoms with Crippen LogP contribution in [-0.2, 0) is 9.47 Å². The van der Waals surface area contributed by atoms with Crippen molar-refractivity contribution in [1.29, 1.82) is 0 Å². The molecule has 0 saturated heterocycles. The highest BCUT2D eigenvalue weighted by Crippen LogP contribution is 2.22. The van der Waals surface area contributed by atoms with Crippen LogP contribution in [0.5, 0.6) is 0 Å². The number of anilines is 1. The molecule has 6 heteroatoms. The van der Waals surface area contributed by atoms with E-state index in [0.717, 1.165) is 5.69 Å². The Kier molecular flexibility index (Phi) is 8.18. The molecule has 0 aliphatic heterocycles. The molecule has 0 amide bonds. The Labute approximate surface area is 123 Å². The monoisotopic (exact) mass is 307 g/mol. The first-order chi connectivity index (χ1) is 9.11. The minimum atomic E-state index is -0.598. The smallest absolute Gasteiger partial charge is 0.0945 e. The molecule has 0 aromatic heterocycles. The first kappa shape index (κ1) is 16.5. The van der Waals surface area contributed by atoms with Gasteiger partial charge in [-0.3, -0.25) is 0 Å². The van der Waals surface area contributed by atoms with Gasteiger partial charge in [-0.25, -0.2) is 0 Å². The van der Waals surface area contributed by atoms with Gasteiger partial charge < -0.3 is 19.9 Å². The van der Waals surface area contributed by atoms with Crippen LogP contribution in [0, 0.1) is 0 Å². The van der Waals surface area contributed by atoms with E-state index in [1.165, 1.54) is 0 Å². The van der Waals surface area contributed by atoms with Crippen LogP contribution in [-0.4, -0.2) is 44.2 Å². The molecule has 2 N–H and O–H groups in total. The maximum Gasteiger partial charge on any atom is 0.0945 e. The summed E-state index contributed by atoms with van der Waals surface area (Å²) in [6.07, 6.45) is -0.598. The second-order valence-electron chi connectivity index (χ2n) is 3.96. The number of halogens is 2. The van der Waals surface area contributed by atoms with Gasteiger partial charge in [0.2, 0.25) is 0 Å². The molecule has 1 rings (SSSR count). The third-order valence-electron chi connectivity index (χ3n) is 2.29. The van der Waals surface area contributed by atoms with Crippen molar-refractivity contribution >= 4 is 28.9 Å². The maximum absolute atomic E-state index is 9.71. The Morgan fingerprint density at radius 1 is 1.16 bits per heavy atom. The summed E-state index contributed by atoms with van der Waals surface area (Å²) in [4.78, 5) is 0. The van der Waals surface area contributed by atoms with Crippen LogP contribution in [0.1, 0.15) is 6.92 Å². The van der Waals surface area contributed by atoms with Crippen LogP contribution >= 0.6 is 23.2 Å². The minimum Gasteiger partial charge on any atom is -0.389 e. The van der Waals surface area contributed by atoms with E-state index < -0.39 is 6.10 Å². The van der Waals surface area contributed by atoms with Gasteiger partial charge in [-0.2, -0.15) is 0 Å². The molecule has 19 heavy (non-hydrogen) atoms. The Balaban J connectivity index is 2.20. The molecule has 0 radical (unpaired) electrons. The number of ether oxygens (including phenoxy) is 2. The van der Waals surface area contributed by atoms with Crippen molar-refractivity contribution in [1.82, 2.24) is 0 Å². The third-order valence-corrected chi connectivity index (χ3v) is 2.73. The van der Waals surface area contributed by atoms with Crippen molar-refractivity contribution in [3.8, 4) is 0 Å². The van der Waals surface area contributed by atoms with E-state index in [-0.39, 0.29) is 6.61 Å². The van der Waals surface area contributed by atoms with Crippen LogP contribution in [0.2, 0.25) is 10.0 Å². The highest BCUT2D eigenvalue weighted by atomic mass is 35.5. The molecule has 0 aliphatic rings. The van der Waals surface area contributed by atoms with Crippen molar-refractivity contribution in [3.63, 3.8) is 0 Å². The van der Waals surface area contributed by atoms with Gasteiger partial charge in [-0.05, 0) is 25.1 Å². The Morgan fingerprint density at radius 3 is 2.42 bits per heavy atom. The molecule has 0 bridgehead atoms. The lowest BCUT2D eigenvalue weighted by molar-refractivity contribution is 0.0103. The molecule has 1 unspecified atom stereocenters. The zero-order valence-electron chi connectivity index (χ0n) is 10.9. The van der Waals surface area contributed by atoms with Gasteiger partial charge in [-0.1, -0.05) is 23.2 Å². The number of benzene rings is 1. The summed E-state index contributed by atoms with van der Waals surface area (Å²) in [7, 11) is 0. The number of rotatable bonds is 9. The number of aliphatic hydroxyl groups excluding tert-OH is 1. The predicted octanol–water partition coefficient (Wildman–Crippen LogP) is 2.82. The van der Waals surface area contributed by atoms with Gasteiger partial charge in [0.15, 0.2) is 0 Å². The van der Waals surface area contributed by atoms with E-state index in [2.05, 4.69) is 5.32 Å². The van der Waals surface area contributed by atoms with Gasteiger partial charge in [-0.15, -0.1) is 0 Å². The average molecular weight is 308 g/mol. The van der Waals surface area contributed by atoms with Crippen LogP contribution in [0.25, 0.3) is 0 Å². The zero-order chi connectivity index (χ0) is 14.1. The van der Waals surface area contributed by atoms with Crippen LogP contribution in [0.15, 0.2) is 18.2 Å². The summed E-state index contributed by atoms with van der Waals surface area (Å²) < 4.78 is 10.4. The highest BCUT2D eigenvalue weighted by Gasteiger charge is 2.05. The summed E-state index contributed by atoms with van der Waals surface area (Å²) in [6.45, 7) is 4.24. The molecule has 108 valence electrons. The van der Waals surface area contributed by atoms with E-state index in [1.807, 2.05) is 6.92 Å². The first-order valence-corrected chi connectivity index (χ1v) is 6.91. The quantitative estimate of drug-likeness (QED) is 0.689. The van der Waals surface area contributed by atoms with Gasteiger partial charge in [0.1, 0.15) is 0 Å². The molecule has 1 aromatic carbocycles. The lowest BCUT2D eigenvalue weighted by Crippen LogP contribution is -2.25. The van der Waals surface area contributed by atoms with Gasteiger partial charge >= 0.3 is 0 Å². The SMILES string of the molecule is CCOCCOCC(O)CNc1cc(Cl)cc(Cl)c1. The van der Waals surface area contributed by atoms with Gasteiger partial charge in [0, 0.05) is 28.9 Å². The summed E-state index contributed by atoms with van der Waals surface area (Å²) in [5.41, 5.74) is 0.769. The fourth-order valence-corrected chi connectivity index (χ4v) is 1.96. The number of aliphatic hydroxyl groups is 1. The highest BCUT2D eigenvalue weighted by molar-refractivity contribution is 6.35. The van der Waals surface area contributed by atoms with E-state index in [1.54, 1.807) is 18.2 Å². The lowest BCUT2D eigenvalue weighted by atomic mass is 10.3. The Morgan fingerprint density at radius 2 is 1.79 bits per heavy atom. The summed E-state index contributed by atoms with van der Waals surface area (Å²) in [5.74, 6) is 0. The molecule has 0 fully saturated rings. The van der Waals surface area contributed by atoms with Crippen molar-refractivity contribution < 1.29 is 14.6 Å². The van der Waals surface area contributed by atoms with Crippen LogP contribution in [0.3, 0.4) is 0 Å². The van der Waals surface area contributed by atoms with E-state index in [9.17, 15) is 5.11 Å². The molecule has 0 aliphatic carbocycles. The third kappa shape index (κ3) is 7.60. The Hall–Kier alpha value is -0.520. The molecule has 1 atom stereocenters. The number of hydrogen-bond donors (Lipinski definition) is 2. The topological polar surface area (TPSA) is 50.7 Å². The molecular formula is C13H19Cl2NO3. The van der Waals surface area contributed by atoms with E-state index in [4.69, 9.17) is 32.7 Å². The zero-order valence-corrected chi connectivity index (χ0v) is 12.4. The van der Waals surface area contributed by atoms with Crippen molar-refractivity contribution in [2.75, 3.05) is 38.3 Å². The largest absolute Gasteiger partial charge is 0.389 e. The molecule has 1 aromatic rings. The fraction of sp³-hybridized carbons (Fsp3) is 0.538. The van der Waals surface area contributed by atoms with Crippen LogP contribution in [0.4, 0.5) is 5.69 Å². The van der Waals surface area contributed by atoms with Gasteiger partial charge in [0.05, 0.1) is 25.9 Å². The molecule has 4 nitrogen and oxygen atoms in total. The second kappa shape index (κ2) is 9.39. The van der Waals surface area contributed by atoms with E-state index in [0.29, 0.717) is 36.4 Å². The standard InChI is InChI=1S/C13H19Cl2NO3/c1-2-18-3-4-19-9-13(17)8-16-12-6-10(14)5-11(15)7-12/h5-7,13,16-17H,2-4,8-9H2,1H3. The fourth-order valence-electron chi connectivity index (χ4n) is 1.43. The maximum atomic E-state index is 9.71. The normalized spacial score (nSPS) is 12.4. The Bertz CT molecular complexity index is 357. The number of nitrogens with one attached hydrogen (secondary N) is 1.